The standard InChI is InChI=1S/C35H71N8O18P/c1-50-62(2,49)61-28-24-57-20-19-56-18-17-55-16-15-51-11-7-33(46)43-30(35(48)41-10-14-54-23-27-60-38)4-6-32(45)42-29(34(47)40-9-13-53-22-26-59-37)3-5-31(44)39-8-12-52-21-25-58-36/h29-30H,3-28,36-38H2,1-2H3,(H,39,44)(H,40,47)(H,41,48)(H,42,45)(H,43,46). The molecule has 0 bridgehead atoms. The molecule has 11 N–H and O–H groups in total. The van der Waals surface area contributed by atoms with Crippen molar-refractivity contribution in [2.75, 3.05) is 152 Å². The summed E-state index contributed by atoms with van der Waals surface area (Å²) in [6.07, 6.45) is -0.624. The van der Waals surface area contributed by atoms with Crippen molar-refractivity contribution in [2.24, 2.45) is 17.7 Å². The van der Waals surface area contributed by atoms with Crippen LogP contribution in [-0.2, 0) is 85.3 Å². The molecular weight excluding hydrogens is 851 g/mol. The molecule has 3 unspecified atom stereocenters. The van der Waals surface area contributed by atoms with Crippen LogP contribution in [0, 0.1) is 0 Å². The highest BCUT2D eigenvalue weighted by atomic mass is 31.2. The molecule has 0 aliphatic carbocycles. The lowest BCUT2D eigenvalue weighted by atomic mass is 10.1. The molecule has 0 aromatic heterocycles. The summed E-state index contributed by atoms with van der Waals surface area (Å²) in [5, 5.41) is 13.2. The van der Waals surface area contributed by atoms with Gasteiger partial charge in [-0.2, -0.15) is 0 Å². The third-order valence-electron chi connectivity index (χ3n) is 7.79. The van der Waals surface area contributed by atoms with E-state index in [2.05, 4.69) is 41.1 Å². The van der Waals surface area contributed by atoms with Gasteiger partial charge in [0.2, 0.25) is 29.5 Å². The quantitative estimate of drug-likeness (QED) is 0.0167. The number of hydrogen-bond donors (Lipinski definition) is 8. The Morgan fingerprint density at radius 3 is 1.21 bits per heavy atom. The van der Waals surface area contributed by atoms with E-state index in [1.165, 1.54) is 13.8 Å². The van der Waals surface area contributed by atoms with Crippen molar-refractivity contribution in [3.63, 3.8) is 0 Å². The molecule has 62 heavy (non-hydrogen) atoms. The van der Waals surface area contributed by atoms with Crippen molar-refractivity contribution in [1.82, 2.24) is 26.6 Å². The zero-order chi connectivity index (χ0) is 45.9. The third kappa shape index (κ3) is 37.5. The van der Waals surface area contributed by atoms with E-state index in [0.29, 0.717) is 26.4 Å². The molecule has 27 heteroatoms. The Labute approximate surface area is 362 Å². The second-order valence-corrected chi connectivity index (χ2v) is 14.9. The van der Waals surface area contributed by atoms with E-state index in [1.807, 2.05) is 0 Å². The maximum absolute atomic E-state index is 13.2. The normalized spacial score (nSPS) is 13.2. The van der Waals surface area contributed by atoms with Crippen LogP contribution in [0.2, 0.25) is 0 Å². The highest BCUT2D eigenvalue weighted by Gasteiger charge is 2.25. The van der Waals surface area contributed by atoms with E-state index in [-0.39, 0.29) is 150 Å². The van der Waals surface area contributed by atoms with Crippen molar-refractivity contribution in [3.05, 3.63) is 0 Å². The van der Waals surface area contributed by atoms with Gasteiger partial charge in [0.25, 0.3) is 0 Å². The van der Waals surface area contributed by atoms with Crippen LogP contribution in [0.15, 0.2) is 0 Å². The van der Waals surface area contributed by atoms with Crippen molar-refractivity contribution >= 4 is 37.1 Å². The Hall–Kier alpha value is -3.02. The second kappa shape index (κ2) is 42.0. The van der Waals surface area contributed by atoms with Gasteiger partial charge in [0.1, 0.15) is 12.1 Å². The monoisotopic (exact) mass is 922 g/mol. The molecule has 3 atom stereocenters. The topological polar surface area (TPSA) is 351 Å². The number of amides is 5. The second-order valence-electron chi connectivity index (χ2n) is 12.7. The van der Waals surface area contributed by atoms with E-state index in [4.69, 9.17) is 59.9 Å². The third-order valence-corrected chi connectivity index (χ3v) is 9.11. The first-order chi connectivity index (χ1) is 30.0. The first-order valence-electron chi connectivity index (χ1n) is 20.2. The van der Waals surface area contributed by atoms with Crippen LogP contribution in [0.3, 0.4) is 0 Å². The molecule has 0 saturated heterocycles. The number of carbonyl (C=O) groups excluding carboxylic acids is 5. The van der Waals surface area contributed by atoms with Gasteiger partial charge < -0.3 is 83.3 Å². The van der Waals surface area contributed by atoms with Crippen LogP contribution in [-0.4, -0.2) is 194 Å². The summed E-state index contributed by atoms with van der Waals surface area (Å²) in [4.78, 5) is 77.9. The lowest BCUT2D eigenvalue weighted by molar-refractivity contribution is -0.131. The molecular formula is C35H71N8O18P. The van der Waals surface area contributed by atoms with E-state index >= 15 is 0 Å². The Bertz CT molecular complexity index is 1220. The summed E-state index contributed by atoms with van der Waals surface area (Å²) in [7, 11) is -1.72. The molecule has 0 aliphatic heterocycles. The van der Waals surface area contributed by atoms with Gasteiger partial charge in [-0.1, -0.05) is 0 Å². The van der Waals surface area contributed by atoms with Gasteiger partial charge in [0, 0.05) is 52.7 Å². The van der Waals surface area contributed by atoms with Gasteiger partial charge >= 0.3 is 7.60 Å². The van der Waals surface area contributed by atoms with Crippen molar-refractivity contribution in [2.45, 2.75) is 44.2 Å². The predicted molar refractivity (Wildman–Crippen MR) is 219 cm³/mol. The summed E-state index contributed by atoms with van der Waals surface area (Å²) in [6.45, 7) is 5.56. The van der Waals surface area contributed by atoms with Gasteiger partial charge in [0.05, 0.1) is 119 Å². The van der Waals surface area contributed by atoms with Gasteiger partial charge in [-0.05, 0) is 12.8 Å². The van der Waals surface area contributed by atoms with Crippen LogP contribution in [0.5, 0.6) is 0 Å². The molecule has 26 nitrogen and oxygen atoms in total. The van der Waals surface area contributed by atoms with Crippen LogP contribution in [0.4, 0.5) is 0 Å². The Morgan fingerprint density at radius 1 is 0.452 bits per heavy atom. The molecule has 0 aromatic rings. The smallest absolute Gasteiger partial charge is 0.327 e. The fraction of sp³-hybridized carbons (Fsp3) is 0.857. The van der Waals surface area contributed by atoms with Crippen LogP contribution >= 0.6 is 7.60 Å². The minimum atomic E-state index is -3.03. The zero-order valence-corrected chi connectivity index (χ0v) is 37.0. The number of carbonyl (C=O) groups is 5. The number of rotatable bonds is 45. The van der Waals surface area contributed by atoms with Gasteiger partial charge in [-0.15, -0.1) is 0 Å². The number of ether oxygens (including phenoxy) is 7. The van der Waals surface area contributed by atoms with E-state index in [9.17, 15) is 28.5 Å². The minimum Gasteiger partial charge on any atom is -0.379 e. The summed E-state index contributed by atoms with van der Waals surface area (Å²) in [5.74, 6) is 12.3. The van der Waals surface area contributed by atoms with Crippen LogP contribution < -0.4 is 44.3 Å². The van der Waals surface area contributed by atoms with Crippen molar-refractivity contribution < 1.29 is 85.3 Å². The SMILES string of the molecule is COP(C)(=O)OCCOCCOCCOCCOCCC(=O)NC(CCC(=O)NC(CCC(=O)NCCOCCON)C(=O)NCCOCCON)C(=O)NCCOCCON. The molecule has 0 radical (unpaired) electrons. The molecule has 364 valence electrons. The number of nitrogens with two attached hydrogens (primary N) is 3. The molecule has 0 saturated carbocycles. The number of nitrogens with one attached hydrogen (secondary N) is 5. The van der Waals surface area contributed by atoms with Crippen LogP contribution in [0.1, 0.15) is 32.1 Å². The largest absolute Gasteiger partial charge is 0.379 e. The predicted octanol–water partition coefficient (Wildman–Crippen LogP) is -3.47. The van der Waals surface area contributed by atoms with Crippen LogP contribution in [0.25, 0.3) is 0 Å². The summed E-state index contributed by atoms with van der Waals surface area (Å²) < 4.78 is 58.9. The Morgan fingerprint density at radius 2 is 0.790 bits per heavy atom. The minimum absolute atomic E-state index is 0.0307. The van der Waals surface area contributed by atoms with E-state index < -0.39 is 43.3 Å². The lowest BCUT2D eigenvalue weighted by Gasteiger charge is -2.21. The molecule has 0 heterocycles. The average Bonchev–Trinajstić information content (AvgIpc) is 3.25. The van der Waals surface area contributed by atoms with Gasteiger partial charge in [-0.25, -0.2) is 17.7 Å². The summed E-state index contributed by atoms with van der Waals surface area (Å²) >= 11 is 0. The first-order valence-corrected chi connectivity index (χ1v) is 22.2. The maximum atomic E-state index is 13.2. The summed E-state index contributed by atoms with van der Waals surface area (Å²) in [5.41, 5.74) is 0. The zero-order valence-electron chi connectivity index (χ0n) is 36.1. The highest BCUT2D eigenvalue weighted by Crippen LogP contribution is 2.42. The van der Waals surface area contributed by atoms with Gasteiger partial charge in [0.15, 0.2) is 0 Å². The lowest BCUT2D eigenvalue weighted by Crippen LogP contribution is -2.50. The Kier molecular flexibility index (Phi) is 39.9. The first kappa shape index (κ1) is 59.0. The molecule has 5 amide bonds. The average molecular weight is 923 g/mol. The van der Waals surface area contributed by atoms with Crippen molar-refractivity contribution in [3.8, 4) is 0 Å². The molecule has 0 aliphatic rings. The fourth-order valence-corrected chi connectivity index (χ4v) is 5.09. The molecule has 0 spiro atoms. The molecule has 0 fully saturated rings. The Balaban J connectivity index is 4.94. The maximum Gasteiger partial charge on any atom is 0.327 e. The van der Waals surface area contributed by atoms with E-state index in [0.717, 1.165) is 0 Å². The highest BCUT2D eigenvalue weighted by molar-refractivity contribution is 7.52. The molecule has 0 rings (SSSR count). The number of hydrogen-bond acceptors (Lipinski definition) is 21. The van der Waals surface area contributed by atoms with E-state index in [1.54, 1.807) is 0 Å². The van der Waals surface area contributed by atoms with Crippen molar-refractivity contribution in [1.29, 1.82) is 0 Å². The summed E-state index contributed by atoms with van der Waals surface area (Å²) in [6, 6.07) is -2.24. The van der Waals surface area contributed by atoms with Gasteiger partial charge in [-0.3, -0.25) is 28.5 Å². The fourth-order valence-electron chi connectivity index (χ4n) is 4.58. The molecule has 0 aromatic carbocycles.